The fourth-order valence-corrected chi connectivity index (χ4v) is 4.21. The molecule has 8 heteroatoms. The third-order valence-electron chi connectivity index (χ3n) is 5.73. The van der Waals surface area contributed by atoms with Gasteiger partial charge in [-0.3, -0.25) is 14.7 Å². The lowest BCUT2D eigenvalue weighted by Crippen LogP contribution is -2.42. The van der Waals surface area contributed by atoms with Crippen molar-refractivity contribution in [3.63, 3.8) is 0 Å². The van der Waals surface area contributed by atoms with Crippen molar-refractivity contribution < 1.29 is 9.18 Å². The number of piperazine rings is 1. The fraction of sp³-hybridized carbons (Fsp3) is 0.261. The predicted octanol–water partition coefficient (Wildman–Crippen LogP) is 3.16. The van der Waals surface area contributed by atoms with Crippen molar-refractivity contribution in [1.29, 1.82) is 0 Å². The van der Waals surface area contributed by atoms with Gasteiger partial charge in [0.05, 0.1) is 17.9 Å². The van der Waals surface area contributed by atoms with Crippen LogP contribution in [0.15, 0.2) is 64.3 Å². The van der Waals surface area contributed by atoms with E-state index in [2.05, 4.69) is 26.8 Å². The lowest BCUT2D eigenvalue weighted by atomic mass is 9.99. The average Bonchev–Trinajstić information content (AvgIpc) is 2.97. The molecule has 6 nitrogen and oxygen atoms in total. The third kappa shape index (κ3) is 3.64. The Labute approximate surface area is 184 Å². The van der Waals surface area contributed by atoms with Crippen LogP contribution in [0.4, 0.5) is 10.1 Å². The molecule has 0 unspecified atom stereocenters. The van der Waals surface area contributed by atoms with E-state index in [1.54, 1.807) is 41.3 Å². The monoisotopic (exact) mass is 437 g/mol. The summed E-state index contributed by atoms with van der Waals surface area (Å²) in [6, 6.07) is 11.7. The normalized spacial score (nSPS) is 20.4. The molecule has 0 radical (unpaired) electrons. The molecule has 31 heavy (non-hydrogen) atoms. The Morgan fingerprint density at radius 3 is 2.61 bits per heavy atom. The highest BCUT2D eigenvalue weighted by Crippen LogP contribution is 2.34. The number of rotatable bonds is 2. The van der Waals surface area contributed by atoms with Gasteiger partial charge in [-0.1, -0.05) is 23.7 Å². The first-order valence-electron chi connectivity index (χ1n) is 10.2. The summed E-state index contributed by atoms with van der Waals surface area (Å²) in [6.45, 7) is 3.74. The zero-order valence-corrected chi connectivity index (χ0v) is 17.8. The summed E-state index contributed by atoms with van der Waals surface area (Å²) in [7, 11) is 2.09. The van der Waals surface area contributed by atoms with E-state index in [0.29, 0.717) is 39.1 Å². The SMILES string of the molecule is CN1CCN(/C=C2/N=C3CN=C(c4ccccc4F)c4cc(Cl)ccc4N3C2=O)CC1. The zero-order chi connectivity index (χ0) is 21.5. The van der Waals surface area contributed by atoms with Gasteiger partial charge in [-0.2, -0.15) is 0 Å². The molecule has 1 fully saturated rings. The number of benzene rings is 2. The minimum atomic E-state index is -0.377. The summed E-state index contributed by atoms with van der Waals surface area (Å²) in [6.07, 6.45) is 1.84. The van der Waals surface area contributed by atoms with Crippen molar-refractivity contribution in [1.82, 2.24) is 9.80 Å². The minimum absolute atomic E-state index is 0.168. The Morgan fingerprint density at radius 1 is 1.06 bits per heavy atom. The Balaban J connectivity index is 1.58. The summed E-state index contributed by atoms with van der Waals surface area (Å²) in [4.78, 5) is 28.5. The molecule has 0 bridgehead atoms. The van der Waals surface area contributed by atoms with Gasteiger partial charge in [0, 0.05) is 48.5 Å². The summed E-state index contributed by atoms with van der Waals surface area (Å²) in [5.41, 5.74) is 2.44. The largest absolute Gasteiger partial charge is 0.373 e. The van der Waals surface area contributed by atoms with Crippen LogP contribution in [0.25, 0.3) is 0 Å². The molecule has 0 aliphatic carbocycles. The van der Waals surface area contributed by atoms with Crippen LogP contribution in [-0.2, 0) is 4.79 Å². The maximum atomic E-state index is 14.6. The number of hydrogen-bond donors (Lipinski definition) is 0. The number of carbonyl (C=O) groups excluding carboxylic acids is 1. The Morgan fingerprint density at radius 2 is 1.84 bits per heavy atom. The highest BCUT2D eigenvalue weighted by atomic mass is 35.5. The molecule has 0 aromatic heterocycles. The van der Waals surface area contributed by atoms with Crippen molar-refractivity contribution in [2.45, 2.75) is 0 Å². The van der Waals surface area contributed by atoms with Crippen LogP contribution in [0.2, 0.25) is 5.02 Å². The van der Waals surface area contributed by atoms with Crippen molar-refractivity contribution in [3.8, 4) is 0 Å². The number of amidine groups is 1. The van der Waals surface area contributed by atoms with E-state index in [1.165, 1.54) is 6.07 Å². The molecule has 158 valence electrons. The number of nitrogens with zero attached hydrogens (tertiary/aromatic N) is 5. The van der Waals surface area contributed by atoms with Crippen LogP contribution >= 0.6 is 11.6 Å². The molecule has 3 aliphatic rings. The second-order valence-electron chi connectivity index (χ2n) is 7.83. The van der Waals surface area contributed by atoms with E-state index in [-0.39, 0.29) is 18.3 Å². The van der Waals surface area contributed by atoms with E-state index < -0.39 is 0 Å². The van der Waals surface area contributed by atoms with Crippen molar-refractivity contribution in [3.05, 3.63) is 76.3 Å². The van der Waals surface area contributed by atoms with Gasteiger partial charge in [0.2, 0.25) is 0 Å². The number of halogens is 2. The van der Waals surface area contributed by atoms with Crippen molar-refractivity contribution in [2.75, 3.05) is 44.7 Å². The molecular weight excluding hydrogens is 417 g/mol. The van der Waals surface area contributed by atoms with Crippen LogP contribution < -0.4 is 4.90 Å². The van der Waals surface area contributed by atoms with Crippen LogP contribution in [-0.4, -0.2) is 67.0 Å². The molecule has 3 aliphatic heterocycles. The van der Waals surface area contributed by atoms with Gasteiger partial charge in [0.15, 0.2) is 0 Å². The highest BCUT2D eigenvalue weighted by molar-refractivity contribution is 6.34. The molecule has 0 N–H and O–H groups in total. The van der Waals surface area contributed by atoms with E-state index in [0.717, 1.165) is 26.2 Å². The van der Waals surface area contributed by atoms with Gasteiger partial charge in [-0.25, -0.2) is 9.38 Å². The third-order valence-corrected chi connectivity index (χ3v) is 5.97. The molecule has 0 saturated carbocycles. The maximum Gasteiger partial charge on any atom is 0.284 e. The molecule has 0 spiro atoms. The standard InChI is InChI=1S/C23H21ClFN5O/c1-28-8-10-29(11-9-28)14-19-23(31)30-20-7-6-15(24)12-17(20)22(26-13-21(30)27-19)16-4-2-3-5-18(16)25/h2-7,12,14H,8-11,13H2,1H3/b19-14+. The Bertz CT molecular complexity index is 1150. The fourth-order valence-electron chi connectivity index (χ4n) is 4.04. The summed E-state index contributed by atoms with van der Waals surface area (Å²) in [5, 5.41) is 0.489. The highest BCUT2D eigenvalue weighted by Gasteiger charge is 2.36. The lowest BCUT2D eigenvalue weighted by molar-refractivity contribution is -0.114. The molecule has 3 heterocycles. The van der Waals surface area contributed by atoms with Gasteiger partial charge in [0.25, 0.3) is 5.91 Å². The van der Waals surface area contributed by atoms with Crippen LogP contribution in [0.5, 0.6) is 0 Å². The first kappa shape index (κ1) is 19.9. The van der Waals surface area contributed by atoms with Crippen LogP contribution in [0, 0.1) is 5.82 Å². The smallest absolute Gasteiger partial charge is 0.284 e. The van der Waals surface area contributed by atoms with E-state index in [1.807, 2.05) is 6.20 Å². The number of hydrogen-bond acceptors (Lipinski definition) is 5. The zero-order valence-electron chi connectivity index (χ0n) is 17.1. The number of carbonyl (C=O) groups is 1. The second kappa shape index (κ2) is 7.90. The van der Waals surface area contributed by atoms with Gasteiger partial charge in [-0.05, 0) is 37.4 Å². The van der Waals surface area contributed by atoms with Gasteiger partial charge in [-0.15, -0.1) is 0 Å². The molecule has 2 aromatic rings. The van der Waals surface area contributed by atoms with Gasteiger partial charge >= 0.3 is 0 Å². The summed E-state index contributed by atoms with van der Waals surface area (Å²) < 4.78 is 14.6. The van der Waals surface area contributed by atoms with E-state index >= 15 is 0 Å². The second-order valence-corrected chi connectivity index (χ2v) is 8.26. The molecule has 5 rings (SSSR count). The molecule has 2 aromatic carbocycles. The van der Waals surface area contributed by atoms with Crippen LogP contribution in [0.1, 0.15) is 11.1 Å². The first-order chi connectivity index (χ1) is 15.0. The summed E-state index contributed by atoms with van der Waals surface area (Å²) >= 11 is 6.27. The minimum Gasteiger partial charge on any atom is -0.373 e. The number of fused-ring (bicyclic) bond motifs is 3. The number of aliphatic imine (C=N–C) groups is 2. The maximum absolute atomic E-state index is 14.6. The van der Waals surface area contributed by atoms with Gasteiger partial charge < -0.3 is 9.80 Å². The predicted molar refractivity (Wildman–Crippen MR) is 120 cm³/mol. The average molecular weight is 438 g/mol. The number of amides is 1. The topological polar surface area (TPSA) is 51.5 Å². The lowest BCUT2D eigenvalue weighted by Gasteiger charge is -2.31. The molecule has 1 saturated heterocycles. The Hall–Kier alpha value is -3.03. The molecular formula is C23H21ClFN5O. The Kier molecular flexibility index (Phi) is 5.08. The number of likely N-dealkylation sites (N-methyl/N-ethyl adjacent to an activating group) is 1. The molecule has 0 atom stereocenters. The first-order valence-corrected chi connectivity index (χ1v) is 10.5. The van der Waals surface area contributed by atoms with Gasteiger partial charge in [0.1, 0.15) is 17.3 Å². The van der Waals surface area contributed by atoms with Crippen molar-refractivity contribution in [2.24, 2.45) is 9.98 Å². The summed E-state index contributed by atoms with van der Waals surface area (Å²) in [5.74, 6) is -0.0547. The molecule has 1 amide bonds. The van der Waals surface area contributed by atoms with E-state index in [4.69, 9.17) is 11.6 Å². The van der Waals surface area contributed by atoms with Crippen LogP contribution in [0.3, 0.4) is 0 Å². The van der Waals surface area contributed by atoms with E-state index in [9.17, 15) is 9.18 Å². The quantitative estimate of drug-likeness (QED) is 0.678. The van der Waals surface area contributed by atoms with Crippen molar-refractivity contribution >= 4 is 34.7 Å². The number of anilines is 1.